The molecule has 45 heavy (non-hydrogen) atoms. The highest BCUT2D eigenvalue weighted by atomic mass is 16.5. The van der Waals surface area contributed by atoms with Gasteiger partial charge in [0, 0.05) is 29.1 Å². The van der Waals surface area contributed by atoms with E-state index in [1.807, 2.05) is 62.6 Å². The third kappa shape index (κ3) is 6.37. The molecule has 222 valence electrons. The lowest BCUT2D eigenvalue weighted by molar-refractivity contribution is -0.0893. The summed E-state index contributed by atoms with van der Waals surface area (Å²) in [5.41, 5.74) is 9.69. The Labute approximate surface area is 266 Å². The summed E-state index contributed by atoms with van der Waals surface area (Å²) in [6, 6.07) is 44.0. The minimum atomic E-state index is -0.994. The Bertz CT molecular complexity index is 1890. The zero-order chi connectivity index (χ0) is 31.4. The Balaban J connectivity index is 1.67. The second kappa shape index (κ2) is 12.6. The standard InChI is InChI=1S/C40H37BN2O2/c1-39(2,44)40(3,4)45-41-31-21-15-20-30(26-31)32-27-33(34-22-11-13-24-42-34)36(28-16-7-5-8-17-28)37(29-18-9-6-10-19-29)38(32)35-23-12-14-25-43-35/h5-27,41,44H,1-4H3. The molecule has 4 aromatic carbocycles. The number of benzene rings is 4. The van der Waals surface area contributed by atoms with Crippen LogP contribution in [-0.4, -0.2) is 33.8 Å². The van der Waals surface area contributed by atoms with Crippen molar-refractivity contribution in [1.29, 1.82) is 0 Å². The van der Waals surface area contributed by atoms with E-state index in [0.29, 0.717) is 7.48 Å². The van der Waals surface area contributed by atoms with Gasteiger partial charge in [0.2, 0.25) is 0 Å². The second-order valence-corrected chi connectivity index (χ2v) is 12.3. The molecule has 0 aliphatic heterocycles. The number of hydrogen-bond donors (Lipinski definition) is 1. The molecule has 5 heteroatoms. The molecule has 0 bridgehead atoms. The van der Waals surface area contributed by atoms with Crippen molar-refractivity contribution in [2.24, 2.45) is 0 Å². The van der Waals surface area contributed by atoms with Crippen molar-refractivity contribution in [2.45, 2.75) is 38.9 Å². The number of hydrogen-bond acceptors (Lipinski definition) is 4. The topological polar surface area (TPSA) is 55.2 Å². The molecule has 2 aromatic heterocycles. The minimum Gasteiger partial charge on any atom is -0.427 e. The molecule has 0 fully saturated rings. The lowest BCUT2D eigenvalue weighted by Gasteiger charge is -2.37. The summed E-state index contributed by atoms with van der Waals surface area (Å²) in [5, 5.41) is 10.7. The number of nitrogens with zero attached hydrogens (tertiary/aromatic N) is 2. The van der Waals surface area contributed by atoms with Gasteiger partial charge in [0.25, 0.3) is 0 Å². The van der Waals surface area contributed by atoms with Gasteiger partial charge in [-0.1, -0.05) is 103 Å². The molecule has 0 aliphatic rings. The third-order valence-corrected chi connectivity index (χ3v) is 8.63. The Morgan fingerprint density at radius 1 is 0.533 bits per heavy atom. The van der Waals surface area contributed by atoms with Crippen molar-refractivity contribution >= 4 is 12.9 Å². The second-order valence-electron chi connectivity index (χ2n) is 12.3. The van der Waals surface area contributed by atoms with Crippen LogP contribution in [0.2, 0.25) is 0 Å². The molecule has 0 radical (unpaired) electrons. The maximum absolute atomic E-state index is 10.7. The zero-order valence-corrected chi connectivity index (χ0v) is 26.2. The summed E-state index contributed by atoms with van der Waals surface area (Å²) in [5.74, 6) is 0. The first-order valence-corrected chi connectivity index (χ1v) is 15.3. The predicted molar refractivity (Wildman–Crippen MR) is 187 cm³/mol. The SMILES string of the molecule is CC(C)(O)C(C)(C)OBc1cccc(-c2cc(-c3ccccn3)c(-c3ccccc3)c(-c3ccccc3)c2-c2ccccn2)c1. The highest BCUT2D eigenvalue weighted by Crippen LogP contribution is 2.49. The van der Waals surface area contributed by atoms with E-state index in [1.54, 1.807) is 13.8 Å². The van der Waals surface area contributed by atoms with E-state index in [0.717, 1.165) is 61.4 Å². The van der Waals surface area contributed by atoms with Crippen molar-refractivity contribution in [3.63, 3.8) is 0 Å². The molecule has 0 unspecified atom stereocenters. The number of aromatic nitrogens is 2. The van der Waals surface area contributed by atoms with Crippen molar-refractivity contribution < 1.29 is 9.76 Å². The van der Waals surface area contributed by atoms with Gasteiger partial charge >= 0.3 is 7.48 Å². The fraction of sp³-hybridized carbons (Fsp3) is 0.150. The van der Waals surface area contributed by atoms with Crippen LogP contribution in [0.15, 0.2) is 140 Å². The van der Waals surface area contributed by atoms with E-state index in [2.05, 4.69) is 91.0 Å². The molecule has 4 nitrogen and oxygen atoms in total. The van der Waals surface area contributed by atoms with Gasteiger partial charge in [-0.05, 0) is 85.8 Å². The van der Waals surface area contributed by atoms with Gasteiger partial charge in [-0.3, -0.25) is 9.97 Å². The zero-order valence-electron chi connectivity index (χ0n) is 26.2. The summed E-state index contributed by atoms with van der Waals surface area (Å²) >= 11 is 0. The summed E-state index contributed by atoms with van der Waals surface area (Å²) in [6.07, 6.45) is 3.70. The van der Waals surface area contributed by atoms with E-state index < -0.39 is 11.2 Å². The van der Waals surface area contributed by atoms with Crippen LogP contribution in [0.4, 0.5) is 0 Å². The molecule has 2 heterocycles. The van der Waals surface area contributed by atoms with Crippen LogP contribution in [0.1, 0.15) is 27.7 Å². The Morgan fingerprint density at radius 3 is 1.67 bits per heavy atom. The summed E-state index contributed by atoms with van der Waals surface area (Å²) < 4.78 is 6.28. The molecule has 1 N–H and O–H groups in total. The van der Waals surface area contributed by atoms with Crippen molar-refractivity contribution in [3.8, 4) is 55.9 Å². The van der Waals surface area contributed by atoms with Gasteiger partial charge < -0.3 is 9.76 Å². The number of aliphatic hydroxyl groups is 1. The minimum absolute atomic E-state index is 0.366. The number of pyridine rings is 2. The van der Waals surface area contributed by atoms with E-state index in [1.165, 1.54) is 0 Å². The van der Waals surface area contributed by atoms with Crippen molar-refractivity contribution in [1.82, 2.24) is 9.97 Å². The monoisotopic (exact) mass is 588 g/mol. The van der Waals surface area contributed by atoms with Crippen LogP contribution in [0.25, 0.3) is 55.9 Å². The summed E-state index contributed by atoms with van der Waals surface area (Å²) in [7, 11) is 0.366. The van der Waals surface area contributed by atoms with Crippen molar-refractivity contribution in [3.05, 3.63) is 140 Å². The first-order valence-electron chi connectivity index (χ1n) is 15.3. The molecule has 0 atom stereocenters. The van der Waals surface area contributed by atoms with Crippen LogP contribution in [-0.2, 0) is 4.65 Å². The van der Waals surface area contributed by atoms with Gasteiger partial charge in [0.05, 0.1) is 22.6 Å². The molecule has 0 amide bonds. The van der Waals surface area contributed by atoms with E-state index in [4.69, 9.17) is 14.6 Å². The third-order valence-electron chi connectivity index (χ3n) is 8.63. The lowest BCUT2D eigenvalue weighted by Crippen LogP contribution is -2.49. The normalized spacial score (nSPS) is 11.8. The fourth-order valence-corrected chi connectivity index (χ4v) is 5.48. The van der Waals surface area contributed by atoms with Gasteiger partial charge in [-0.25, -0.2) is 0 Å². The van der Waals surface area contributed by atoms with Gasteiger partial charge in [0.15, 0.2) is 0 Å². The van der Waals surface area contributed by atoms with Crippen LogP contribution in [0.3, 0.4) is 0 Å². The average Bonchev–Trinajstić information content (AvgIpc) is 3.07. The highest BCUT2D eigenvalue weighted by molar-refractivity contribution is 6.47. The number of rotatable bonds is 9. The first-order chi connectivity index (χ1) is 21.7. The fourth-order valence-electron chi connectivity index (χ4n) is 5.48. The Kier molecular flexibility index (Phi) is 8.49. The smallest absolute Gasteiger partial charge is 0.309 e. The Hall–Kier alpha value is -4.84. The molecular weight excluding hydrogens is 551 g/mol. The Morgan fingerprint density at radius 2 is 1.09 bits per heavy atom. The van der Waals surface area contributed by atoms with Gasteiger partial charge in [-0.2, -0.15) is 0 Å². The van der Waals surface area contributed by atoms with Gasteiger partial charge in [0.1, 0.15) is 0 Å². The first kappa shape index (κ1) is 30.2. The lowest BCUT2D eigenvalue weighted by atomic mass is 9.78. The molecule has 0 saturated carbocycles. The molecule has 6 aromatic rings. The van der Waals surface area contributed by atoms with Crippen LogP contribution >= 0.6 is 0 Å². The van der Waals surface area contributed by atoms with E-state index in [-0.39, 0.29) is 0 Å². The van der Waals surface area contributed by atoms with Crippen LogP contribution in [0.5, 0.6) is 0 Å². The predicted octanol–water partition coefficient (Wildman–Crippen LogP) is 8.35. The maximum Gasteiger partial charge on any atom is 0.309 e. The van der Waals surface area contributed by atoms with Gasteiger partial charge in [-0.15, -0.1) is 0 Å². The molecule has 6 rings (SSSR count). The van der Waals surface area contributed by atoms with Crippen LogP contribution < -0.4 is 5.46 Å². The highest BCUT2D eigenvalue weighted by Gasteiger charge is 2.35. The molecule has 0 aliphatic carbocycles. The van der Waals surface area contributed by atoms with Crippen molar-refractivity contribution in [2.75, 3.05) is 0 Å². The maximum atomic E-state index is 10.7. The average molecular weight is 589 g/mol. The summed E-state index contributed by atoms with van der Waals surface area (Å²) in [6.45, 7) is 7.40. The largest absolute Gasteiger partial charge is 0.427 e. The summed E-state index contributed by atoms with van der Waals surface area (Å²) in [4.78, 5) is 9.75. The molecular formula is C40H37BN2O2. The van der Waals surface area contributed by atoms with E-state index >= 15 is 0 Å². The van der Waals surface area contributed by atoms with E-state index in [9.17, 15) is 5.11 Å². The molecule has 0 spiro atoms. The molecule has 0 saturated heterocycles. The quantitative estimate of drug-likeness (QED) is 0.173. The van der Waals surface area contributed by atoms with Crippen LogP contribution in [0, 0.1) is 0 Å².